The molecular weight excluding hydrogens is 208 g/mol. The maximum atomic E-state index is 5.84. The molecule has 0 fully saturated rings. The molecule has 0 bridgehead atoms. The van der Waals surface area contributed by atoms with Crippen LogP contribution < -0.4 is 5.73 Å². The number of nitrogens with one attached hydrogen (secondary N) is 1. The lowest BCUT2D eigenvalue weighted by Crippen LogP contribution is -1.98. The fourth-order valence-corrected chi connectivity index (χ4v) is 2.18. The molecule has 0 aromatic carbocycles. The first-order chi connectivity index (χ1) is 7.18. The number of nitrogens with two attached hydrogens (primary N) is 1. The third-order valence-corrected chi connectivity index (χ3v) is 2.98. The van der Waals surface area contributed by atoms with Crippen LogP contribution in [-0.4, -0.2) is 15.2 Å². The number of hydrogen-bond donors (Lipinski definition) is 2. The van der Waals surface area contributed by atoms with Gasteiger partial charge >= 0.3 is 0 Å². The number of rotatable bonds is 3. The average Bonchev–Trinajstić information content (AvgIpc) is 2.76. The highest BCUT2D eigenvalue weighted by molar-refractivity contribution is 7.13. The van der Waals surface area contributed by atoms with Crippen LogP contribution in [0.4, 0.5) is 5.82 Å². The predicted molar refractivity (Wildman–Crippen MR) is 62.7 cm³/mol. The van der Waals surface area contributed by atoms with E-state index in [1.807, 2.05) is 11.7 Å². The zero-order valence-corrected chi connectivity index (χ0v) is 9.64. The van der Waals surface area contributed by atoms with Crippen molar-refractivity contribution in [1.82, 2.24) is 15.2 Å². The van der Waals surface area contributed by atoms with Crippen molar-refractivity contribution in [2.45, 2.75) is 20.3 Å². The number of H-pyrrole nitrogens is 1. The van der Waals surface area contributed by atoms with E-state index >= 15 is 0 Å². The van der Waals surface area contributed by atoms with Gasteiger partial charge in [-0.05, 0) is 12.3 Å². The van der Waals surface area contributed by atoms with Gasteiger partial charge in [0.2, 0.25) is 0 Å². The van der Waals surface area contributed by atoms with E-state index in [2.05, 4.69) is 29.0 Å². The number of nitrogen functional groups attached to an aromatic ring is 1. The summed E-state index contributed by atoms with van der Waals surface area (Å²) in [7, 11) is 0. The van der Waals surface area contributed by atoms with Crippen molar-refractivity contribution >= 4 is 17.2 Å². The van der Waals surface area contributed by atoms with Gasteiger partial charge in [-0.1, -0.05) is 13.8 Å². The second-order valence-corrected chi connectivity index (χ2v) is 4.81. The van der Waals surface area contributed by atoms with Gasteiger partial charge < -0.3 is 5.73 Å². The van der Waals surface area contributed by atoms with E-state index in [1.54, 1.807) is 11.3 Å². The molecule has 0 saturated carbocycles. The number of thiazole rings is 1. The average molecular weight is 222 g/mol. The molecule has 4 nitrogen and oxygen atoms in total. The zero-order valence-electron chi connectivity index (χ0n) is 8.82. The molecule has 15 heavy (non-hydrogen) atoms. The number of hydrogen-bond acceptors (Lipinski definition) is 4. The molecule has 2 aromatic rings. The van der Waals surface area contributed by atoms with Crippen LogP contribution in [0.2, 0.25) is 0 Å². The summed E-state index contributed by atoms with van der Waals surface area (Å²) in [4.78, 5) is 5.15. The third-order valence-electron chi connectivity index (χ3n) is 2.19. The Kier molecular flexibility index (Phi) is 2.73. The molecule has 2 rings (SSSR count). The van der Waals surface area contributed by atoms with E-state index in [1.165, 1.54) is 0 Å². The molecule has 5 heteroatoms. The molecule has 80 valence electrons. The Hall–Kier alpha value is -1.36. The highest BCUT2D eigenvalue weighted by Gasteiger charge is 2.14. The fraction of sp³-hybridized carbons (Fsp3) is 0.400. The Morgan fingerprint density at radius 3 is 2.93 bits per heavy atom. The van der Waals surface area contributed by atoms with Crippen molar-refractivity contribution in [2.75, 3.05) is 5.73 Å². The lowest BCUT2D eigenvalue weighted by Gasteiger charge is -2.04. The van der Waals surface area contributed by atoms with Gasteiger partial charge in [0.1, 0.15) is 5.82 Å². The summed E-state index contributed by atoms with van der Waals surface area (Å²) in [5, 5.41) is 7.03. The zero-order chi connectivity index (χ0) is 10.8. The molecule has 0 spiro atoms. The van der Waals surface area contributed by atoms with E-state index in [9.17, 15) is 0 Å². The van der Waals surface area contributed by atoms with Gasteiger partial charge in [-0.2, -0.15) is 5.10 Å². The maximum Gasteiger partial charge on any atom is 0.149 e. The summed E-state index contributed by atoms with van der Waals surface area (Å²) in [6, 6.07) is 0. The minimum Gasteiger partial charge on any atom is -0.382 e. The van der Waals surface area contributed by atoms with Gasteiger partial charge in [-0.25, -0.2) is 0 Å². The van der Waals surface area contributed by atoms with Crippen LogP contribution in [0, 0.1) is 5.92 Å². The molecular formula is C10H14N4S. The molecule has 2 aromatic heterocycles. The Morgan fingerprint density at radius 1 is 1.53 bits per heavy atom. The number of aromatic nitrogens is 3. The van der Waals surface area contributed by atoms with Crippen molar-refractivity contribution < 1.29 is 0 Å². The van der Waals surface area contributed by atoms with Crippen molar-refractivity contribution in [3.63, 3.8) is 0 Å². The Balaban J connectivity index is 2.40. The van der Waals surface area contributed by atoms with Crippen LogP contribution >= 0.6 is 11.3 Å². The van der Waals surface area contributed by atoms with Gasteiger partial charge in [-0.15, -0.1) is 11.3 Å². The largest absolute Gasteiger partial charge is 0.382 e. The molecule has 0 saturated heterocycles. The van der Waals surface area contributed by atoms with Crippen LogP contribution in [0.1, 0.15) is 19.4 Å². The van der Waals surface area contributed by atoms with E-state index in [-0.39, 0.29) is 0 Å². The van der Waals surface area contributed by atoms with Gasteiger partial charge in [0, 0.05) is 11.8 Å². The lowest BCUT2D eigenvalue weighted by molar-refractivity contribution is 0.649. The highest BCUT2D eigenvalue weighted by Crippen LogP contribution is 2.29. The van der Waals surface area contributed by atoms with Crippen LogP contribution in [-0.2, 0) is 6.42 Å². The number of nitrogens with zero attached hydrogens (tertiary/aromatic N) is 2. The summed E-state index contributed by atoms with van der Waals surface area (Å²) in [6.07, 6.45) is 2.77. The van der Waals surface area contributed by atoms with E-state index < -0.39 is 0 Å². The molecule has 2 heterocycles. The van der Waals surface area contributed by atoms with E-state index in [0.29, 0.717) is 11.7 Å². The summed E-state index contributed by atoms with van der Waals surface area (Å²) < 4.78 is 0. The lowest BCUT2D eigenvalue weighted by atomic mass is 10.0. The highest BCUT2D eigenvalue weighted by atomic mass is 32.1. The van der Waals surface area contributed by atoms with Crippen molar-refractivity contribution in [3.8, 4) is 10.6 Å². The van der Waals surface area contributed by atoms with Crippen LogP contribution in [0.15, 0.2) is 11.7 Å². The standard InChI is InChI=1S/C10H14N4S/c1-6(2)3-7-9(13-14-10(7)11)8-4-12-5-15-8/h4-6H,3H2,1-2H3,(H3,11,13,14). The maximum absolute atomic E-state index is 5.84. The van der Waals surface area contributed by atoms with Crippen LogP contribution in [0.3, 0.4) is 0 Å². The molecule has 0 aliphatic rings. The Morgan fingerprint density at radius 2 is 2.33 bits per heavy atom. The first kappa shape index (κ1) is 10.2. The van der Waals surface area contributed by atoms with Gasteiger partial charge in [-0.3, -0.25) is 10.1 Å². The molecule has 0 aliphatic carbocycles. The minimum absolute atomic E-state index is 0.566. The molecule has 0 radical (unpaired) electrons. The Labute approximate surface area is 92.5 Å². The molecule has 0 amide bonds. The first-order valence-corrected chi connectivity index (χ1v) is 5.78. The summed E-state index contributed by atoms with van der Waals surface area (Å²) in [5.74, 6) is 1.17. The second-order valence-electron chi connectivity index (χ2n) is 3.93. The summed E-state index contributed by atoms with van der Waals surface area (Å²) in [6.45, 7) is 4.34. The molecule has 3 N–H and O–H groups in total. The SMILES string of the molecule is CC(C)Cc1c(N)n[nH]c1-c1cncs1. The quantitative estimate of drug-likeness (QED) is 0.837. The normalized spacial score (nSPS) is 11.1. The van der Waals surface area contributed by atoms with Crippen molar-refractivity contribution in [3.05, 3.63) is 17.3 Å². The van der Waals surface area contributed by atoms with Crippen LogP contribution in [0.5, 0.6) is 0 Å². The Bertz CT molecular complexity index is 430. The summed E-state index contributed by atoms with van der Waals surface area (Å²) >= 11 is 1.59. The molecule has 0 unspecified atom stereocenters. The van der Waals surface area contributed by atoms with Gasteiger partial charge in [0.15, 0.2) is 0 Å². The predicted octanol–water partition coefficient (Wildman–Crippen LogP) is 2.31. The fourth-order valence-electron chi connectivity index (χ4n) is 1.54. The van der Waals surface area contributed by atoms with Crippen molar-refractivity contribution in [2.24, 2.45) is 5.92 Å². The molecule has 0 atom stereocenters. The minimum atomic E-state index is 0.566. The van der Waals surface area contributed by atoms with Crippen LogP contribution in [0.25, 0.3) is 10.6 Å². The second kappa shape index (κ2) is 4.02. The van der Waals surface area contributed by atoms with Gasteiger partial charge in [0.25, 0.3) is 0 Å². The summed E-state index contributed by atoms with van der Waals surface area (Å²) in [5.41, 5.74) is 9.77. The smallest absolute Gasteiger partial charge is 0.149 e. The number of aromatic amines is 1. The first-order valence-electron chi connectivity index (χ1n) is 4.90. The monoisotopic (exact) mass is 222 g/mol. The van der Waals surface area contributed by atoms with Gasteiger partial charge in [0.05, 0.1) is 16.1 Å². The third kappa shape index (κ3) is 2.02. The van der Waals surface area contributed by atoms with Crippen molar-refractivity contribution in [1.29, 1.82) is 0 Å². The topological polar surface area (TPSA) is 67.6 Å². The van der Waals surface area contributed by atoms with E-state index in [4.69, 9.17) is 5.73 Å². The number of anilines is 1. The van der Waals surface area contributed by atoms with E-state index in [0.717, 1.165) is 22.6 Å². The molecule has 0 aliphatic heterocycles.